The first kappa shape index (κ1) is 12.0. The molecule has 0 spiro atoms. The Kier molecular flexibility index (Phi) is 2.85. The molecule has 1 aromatic carbocycles. The van der Waals surface area contributed by atoms with Crippen molar-refractivity contribution in [3.05, 3.63) is 36.5 Å². The average Bonchev–Trinajstić information content (AvgIpc) is 3.15. The summed E-state index contributed by atoms with van der Waals surface area (Å²) in [5, 5.41) is 8.45. The summed E-state index contributed by atoms with van der Waals surface area (Å²) >= 11 is 0. The van der Waals surface area contributed by atoms with Crippen molar-refractivity contribution >= 4 is 16.7 Å². The monoisotopic (exact) mass is 255 g/mol. The van der Waals surface area contributed by atoms with Crippen molar-refractivity contribution < 1.29 is 4.74 Å². The van der Waals surface area contributed by atoms with Crippen molar-refractivity contribution in [1.82, 2.24) is 4.98 Å². The van der Waals surface area contributed by atoms with Crippen molar-refractivity contribution in [3.8, 4) is 5.75 Å². The number of nitrogens with zero attached hydrogens (tertiary/aromatic N) is 1. The van der Waals surface area contributed by atoms with E-state index in [1.807, 2.05) is 30.3 Å². The van der Waals surface area contributed by atoms with Gasteiger partial charge in [-0.2, -0.15) is 0 Å². The van der Waals surface area contributed by atoms with Gasteiger partial charge in [0.05, 0.1) is 18.0 Å². The zero-order chi connectivity index (χ0) is 13.3. The first-order valence-electron chi connectivity index (χ1n) is 6.48. The zero-order valence-electron chi connectivity index (χ0n) is 10.7. The number of rotatable bonds is 5. The summed E-state index contributed by atoms with van der Waals surface area (Å²) in [5.74, 6) is 1.11. The average molecular weight is 255 g/mol. The second-order valence-electron chi connectivity index (χ2n) is 5.32. The molecule has 1 saturated carbocycles. The second kappa shape index (κ2) is 4.53. The quantitative estimate of drug-likeness (QED) is 0.637. The van der Waals surface area contributed by atoms with E-state index in [-0.39, 0.29) is 11.3 Å². The Bertz CT molecular complexity index is 614. The van der Waals surface area contributed by atoms with Crippen LogP contribution in [-0.2, 0) is 0 Å². The Morgan fingerprint density at radius 3 is 2.89 bits per heavy atom. The third-order valence-electron chi connectivity index (χ3n) is 3.66. The molecule has 3 N–H and O–H groups in total. The summed E-state index contributed by atoms with van der Waals surface area (Å²) in [7, 11) is 0. The van der Waals surface area contributed by atoms with Gasteiger partial charge < -0.3 is 10.5 Å². The van der Waals surface area contributed by atoms with E-state index in [9.17, 15) is 0 Å². The summed E-state index contributed by atoms with van der Waals surface area (Å²) in [6, 6.07) is 9.83. The fourth-order valence-corrected chi connectivity index (χ4v) is 2.38. The number of ether oxygens (including phenoxy) is 1. The van der Waals surface area contributed by atoms with Crippen LogP contribution in [0.25, 0.3) is 10.9 Å². The van der Waals surface area contributed by atoms with Crippen LogP contribution in [0.2, 0.25) is 0 Å². The molecule has 0 atom stereocenters. The molecule has 0 radical (unpaired) electrons. The van der Waals surface area contributed by atoms with Crippen molar-refractivity contribution in [2.24, 2.45) is 11.1 Å². The van der Waals surface area contributed by atoms with E-state index in [4.69, 9.17) is 15.9 Å². The molecule has 0 bridgehead atoms. The first-order valence-corrected chi connectivity index (χ1v) is 6.48. The summed E-state index contributed by atoms with van der Waals surface area (Å²) in [6.07, 6.45) is 4.60. The first-order chi connectivity index (χ1) is 9.19. The maximum Gasteiger partial charge on any atom is 0.128 e. The zero-order valence-corrected chi connectivity index (χ0v) is 10.7. The van der Waals surface area contributed by atoms with Crippen molar-refractivity contribution in [1.29, 1.82) is 5.41 Å². The Hall–Kier alpha value is -2.10. The maximum atomic E-state index is 7.42. The van der Waals surface area contributed by atoms with Crippen LogP contribution in [0.1, 0.15) is 19.3 Å². The molecule has 4 nitrogen and oxygen atoms in total. The molecule has 0 unspecified atom stereocenters. The lowest BCUT2D eigenvalue weighted by atomic mass is 10.0. The van der Waals surface area contributed by atoms with Crippen molar-refractivity contribution in [3.63, 3.8) is 0 Å². The summed E-state index contributed by atoms with van der Waals surface area (Å²) in [4.78, 5) is 4.32. The molecule has 1 fully saturated rings. The smallest absolute Gasteiger partial charge is 0.128 e. The van der Waals surface area contributed by atoms with Gasteiger partial charge in [0.25, 0.3) is 0 Å². The fourth-order valence-electron chi connectivity index (χ4n) is 2.38. The highest BCUT2D eigenvalue weighted by Crippen LogP contribution is 2.49. The molecule has 0 amide bonds. The van der Waals surface area contributed by atoms with Gasteiger partial charge in [-0.1, -0.05) is 6.07 Å². The molecule has 1 aliphatic carbocycles. The molecule has 4 heteroatoms. The number of fused-ring (bicyclic) bond motifs is 1. The lowest BCUT2D eigenvalue weighted by Gasteiger charge is -2.16. The van der Waals surface area contributed by atoms with Gasteiger partial charge in [-0.3, -0.25) is 10.4 Å². The van der Waals surface area contributed by atoms with Crippen LogP contribution in [0.5, 0.6) is 5.75 Å². The van der Waals surface area contributed by atoms with Crippen molar-refractivity contribution in [2.45, 2.75) is 19.3 Å². The highest BCUT2D eigenvalue weighted by molar-refractivity contribution is 5.84. The Morgan fingerprint density at radius 1 is 1.32 bits per heavy atom. The van der Waals surface area contributed by atoms with Crippen LogP contribution < -0.4 is 10.5 Å². The van der Waals surface area contributed by atoms with E-state index in [0.717, 1.165) is 29.5 Å². The number of nitrogens with one attached hydrogen (secondary N) is 1. The molecular weight excluding hydrogens is 238 g/mol. The molecule has 98 valence electrons. The lowest BCUT2D eigenvalue weighted by molar-refractivity contribution is 0.241. The molecule has 19 heavy (non-hydrogen) atoms. The summed E-state index contributed by atoms with van der Waals surface area (Å²) in [6.45, 7) is 0.626. The number of pyridine rings is 1. The predicted molar refractivity (Wildman–Crippen MR) is 75.4 cm³/mol. The Morgan fingerprint density at radius 2 is 2.16 bits per heavy atom. The molecule has 1 aromatic heterocycles. The number of hydrogen-bond donors (Lipinski definition) is 2. The van der Waals surface area contributed by atoms with E-state index in [1.54, 1.807) is 6.20 Å². The minimum absolute atomic E-state index is 0.0935. The predicted octanol–water partition coefficient (Wildman–Crippen LogP) is 2.72. The number of benzene rings is 1. The minimum Gasteiger partial charge on any atom is -0.492 e. The third kappa shape index (κ3) is 2.52. The molecule has 2 aromatic rings. The number of aromatic nitrogens is 1. The minimum atomic E-state index is 0.0935. The van der Waals surface area contributed by atoms with Crippen molar-refractivity contribution in [2.75, 3.05) is 6.61 Å². The molecule has 0 aliphatic heterocycles. The normalized spacial score (nSPS) is 16.2. The van der Waals surface area contributed by atoms with Crippen LogP contribution in [0.4, 0.5) is 0 Å². The topological polar surface area (TPSA) is 72.0 Å². The van der Waals surface area contributed by atoms with Crippen LogP contribution in [0.3, 0.4) is 0 Å². The maximum absolute atomic E-state index is 7.42. The van der Waals surface area contributed by atoms with E-state index in [0.29, 0.717) is 13.0 Å². The molecular formula is C15H17N3O. The standard InChI is InChI=1S/C15H17N3O/c16-14(17)9-15(6-7-15)10-19-13-5-1-4-12-11(13)3-2-8-18-12/h1-5,8H,6-7,9-10H2,(H3,16,17). The van der Waals surface area contributed by atoms with E-state index in [2.05, 4.69) is 4.98 Å². The molecule has 3 rings (SSSR count). The van der Waals surface area contributed by atoms with Gasteiger partial charge in [0.15, 0.2) is 0 Å². The molecule has 1 aliphatic rings. The van der Waals surface area contributed by atoms with E-state index < -0.39 is 0 Å². The van der Waals surface area contributed by atoms with Crippen LogP contribution in [0, 0.1) is 10.8 Å². The van der Waals surface area contributed by atoms with Gasteiger partial charge in [0.1, 0.15) is 5.75 Å². The SMILES string of the molecule is N=C(N)CC1(COc2cccc3ncccc23)CC1. The summed E-state index contributed by atoms with van der Waals surface area (Å²) < 4.78 is 5.96. The highest BCUT2D eigenvalue weighted by atomic mass is 16.5. The van der Waals surface area contributed by atoms with Gasteiger partial charge in [-0.15, -0.1) is 0 Å². The largest absolute Gasteiger partial charge is 0.492 e. The second-order valence-corrected chi connectivity index (χ2v) is 5.32. The summed E-state index contributed by atoms with van der Waals surface area (Å²) in [5.41, 5.74) is 6.53. The highest BCUT2D eigenvalue weighted by Gasteiger charge is 2.44. The van der Waals surface area contributed by atoms with E-state index >= 15 is 0 Å². The lowest BCUT2D eigenvalue weighted by Crippen LogP contribution is -2.21. The Balaban J connectivity index is 1.77. The van der Waals surface area contributed by atoms with Gasteiger partial charge in [-0.05, 0) is 37.1 Å². The van der Waals surface area contributed by atoms with Crippen LogP contribution >= 0.6 is 0 Å². The van der Waals surface area contributed by atoms with Gasteiger partial charge >= 0.3 is 0 Å². The van der Waals surface area contributed by atoms with Crippen LogP contribution in [0.15, 0.2) is 36.5 Å². The van der Waals surface area contributed by atoms with Gasteiger partial charge in [0, 0.05) is 23.4 Å². The van der Waals surface area contributed by atoms with Gasteiger partial charge in [0.2, 0.25) is 0 Å². The number of amidine groups is 1. The fraction of sp³-hybridized carbons (Fsp3) is 0.333. The molecule has 1 heterocycles. The molecule has 0 saturated heterocycles. The number of hydrogen-bond acceptors (Lipinski definition) is 3. The van der Waals surface area contributed by atoms with Crippen LogP contribution in [-0.4, -0.2) is 17.4 Å². The third-order valence-corrected chi connectivity index (χ3v) is 3.66. The van der Waals surface area contributed by atoms with Gasteiger partial charge in [-0.25, -0.2) is 0 Å². The Labute approximate surface area is 112 Å². The van der Waals surface area contributed by atoms with E-state index in [1.165, 1.54) is 0 Å². The number of nitrogens with two attached hydrogens (primary N) is 1.